The van der Waals surface area contributed by atoms with Gasteiger partial charge in [-0.2, -0.15) is 4.98 Å². The van der Waals surface area contributed by atoms with Gasteiger partial charge in [-0.25, -0.2) is 0 Å². The minimum atomic E-state index is 0.393. The highest BCUT2D eigenvalue weighted by atomic mass is 16.5. The van der Waals surface area contributed by atoms with E-state index in [1.54, 1.807) is 12.1 Å². The minimum Gasteiger partial charge on any atom is -0.480 e. The highest BCUT2D eigenvalue weighted by Gasteiger charge is 2.11. The van der Waals surface area contributed by atoms with Crippen molar-refractivity contribution in [2.24, 2.45) is 0 Å². The lowest BCUT2D eigenvalue weighted by molar-refractivity contribution is 0.384. The van der Waals surface area contributed by atoms with Crippen LogP contribution in [-0.2, 0) is 6.42 Å². The van der Waals surface area contributed by atoms with Crippen LogP contribution in [0.5, 0.6) is 5.88 Å². The summed E-state index contributed by atoms with van der Waals surface area (Å²) in [6.45, 7) is 0. The molecule has 0 amide bonds. The molecule has 0 saturated carbocycles. The Balaban J connectivity index is 1.79. The highest BCUT2D eigenvalue weighted by Crippen LogP contribution is 2.16. The molecular weight excluding hydrogens is 270 g/mol. The van der Waals surface area contributed by atoms with E-state index in [-0.39, 0.29) is 0 Å². The van der Waals surface area contributed by atoms with E-state index in [1.165, 1.54) is 7.11 Å². The summed E-state index contributed by atoms with van der Waals surface area (Å²) < 4.78 is 10.2. The summed E-state index contributed by atoms with van der Waals surface area (Å²) in [6.07, 6.45) is 0.515. The Bertz CT molecular complexity index is 739. The number of ether oxygens (including phenoxy) is 1. The Labute approximate surface area is 120 Å². The lowest BCUT2D eigenvalue weighted by Gasteiger charge is -1.98. The van der Waals surface area contributed by atoms with Crippen molar-refractivity contribution in [3.05, 3.63) is 47.9 Å². The first-order chi connectivity index (χ1) is 10.2. The van der Waals surface area contributed by atoms with Gasteiger partial charge in [0.1, 0.15) is 5.69 Å². The summed E-state index contributed by atoms with van der Waals surface area (Å²) >= 11 is 0. The fourth-order valence-corrected chi connectivity index (χ4v) is 1.86. The second-order valence-electron chi connectivity index (χ2n) is 4.39. The molecule has 2 N–H and O–H groups in total. The molecule has 2 heterocycles. The van der Waals surface area contributed by atoms with E-state index in [0.29, 0.717) is 35.4 Å². The van der Waals surface area contributed by atoms with Crippen molar-refractivity contribution in [1.29, 1.82) is 0 Å². The first-order valence-corrected chi connectivity index (χ1v) is 6.29. The maximum atomic E-state index is 5.74. The number of hydrogen-bond donors (Lipinski definition) is 1. The van der Waals surface area contributed by atoms with Crippen molar-refractivity contribution >= 4 is 5.69 Å². The van der Waals surface area contributed by atoms with Crippen LogP contribution in [0.25, 0.3) is 11.5 Å². The van der Waals surface area contributed by atoms with Gasteiger partial charge in [0.05, 0.1) is 13.5 Å². The van der Waals surface area contributed by atoms with Crippen molar-refractivity contribution in [1.82, 2.24) is 20.3 Å². The van der Waals surface area contributed by atoms with Crippen molar-refractivity contribution < 1.29 is 9.26 Å². The Morgan fingerprint density at radius 3 is 2.81 bits per heavy atom. The molecule has 0 fully saturated rings. The number of aromatic nitrogens is 4. The van der Waals surface area contributed by atoms with Gasteiger partial charge >= 0.3 is 0 Å². The van der Waals surface area contributed by atoms with Gasteiger partial charge < -0.3 is 15.0 Å². The molecule has 2 aromatic heterocycles. The molecule has 0 aliphatic carbocycles. The van der Waals surface area contributed by atoms with Crippen LogP contribution >= 0.6 is 0 Å². The standard InChI is InChI=1S/C14H13N5O2/c1-20-12-6-5-11(17-18-12)14-16-13(21-19-14)8-9-3-2-4-10(15)7-9/h2-7H,8,15H2,1H3. The Morgan fingerprint density at radius 2 is 2.10 bits per heavy atom. The maximum absolute atomic E-state index is 5.74. The third-order valence-corrected chi connectivity index (χ3v) is 2.85. The van der Waals surface area contributed by atoms with Crippen LogP contribution in [0, 0.1) is 0 Å². The molecule has 0 aliphatic heterocycles. The number of rotatable bonds is 4. The van der Waals surface area contributed by atoms with E-state index in [0.717, 1.165) is 5.56 Å². The Kier molecular flexibility index (Phi) is 3.46. The quantitative estimate of drug-likeness (QED) is 0.727. The zero-order valence-electron chi connectivity index (χ0n) is 11.4. The summed E-state index contributed by atoms with van der Waals surface area (Å²) in [5, 5.41) is 11.7. The topological polar surface area (TPSA) is 100.0 Å². The van der Waals surface area contributed by atoms with E-state index in [4.69, 9.17) is 15.0 Å². The molecular formula is C14H13N5O2. The third-order valence-electron chi connectivity index (χ3n) is 2.85. The summed E-state index contributed by atoms with van der Waals surface area (Å²) in [6, 6.07) is 11.0. The second-order valence-corrected chi connectivity index (χ2v) is 4.39. The summed E-state index contributed by atoms with van der Waals surface area (Å²) in [4.78, 5) is 4.30. The number of benzene rings is 1. The van der Waals surface area contributed by atoms with Crippen LogP contribution in [0.4, 0.5) is 5.69 Å². The van der Waals surface area contributed by atoms with E-state index in [1.807, 2.05) is 24.3 Å². The largest absolute Gasteiger partial charge is 0.480 e. The number of hydrogen-bond acceptors (Lipinski definition) is 7. The van der Waals surface area contributed by atoms with E-state index in [2.05, 4.69) is 20.3 Å². The Hall–Kier alpha value is -2.96. The van der Waals surface area contributed by atoms with E-state index in [9.17, 15) is 0 Å². The molecule has 0 unspecified atom stereocenters. The van der Waals surface area contributed by atoms with Gasteiger partial charge in [-0.05, 0) is 23.8 Å². The maximum Gasteiger partial charge on any atom is 0.233 e. The smallest absolute Gasteiger partial charge is 0.233 e. The first-order valence-electron chi connectivity index (χ1n) is 6.29. The second kappa shape index (κ2) is 5.58. The Morgan fingerprint density at radius 1 is 1.19 bits per heavy atom. The molecule has 3 aromatic rings. The summed E-state index contributed by atoms with van der Waals surface area (Å²) in [5.41, 5.74) is 7.97. The number of nitrogens with zero attached hydrogens (tertiary/aromatic N) is 4. The average molecular weight is 283 g/mol. The molecule has 0 aliphatic rings. The van der Waals surface area contributed by atoms with Crippen LogP contribution in [-0.4, -0.2) is 27.4 Å². The average Bonchev–Trinajstić information content (AvgIpc) is 2.96. The number of nitrogen functional groups attached to an aromatic ring is 1. The van der Waals surface area contributed by atoms with Crippen LogP contribution in [0.2, 0.25) is 0 Å². The van der Waals surface area contributed by atoms with Gasteiger partial charge in [0, 0.05) is 11.8 Å². The molecule has 0 atom stereocenters. The van der Waals surface area contributed by atoms with Gasteiger partial charge in [-0.3, -0.25) is 0 Å². The number of anilines is 1. The summed E-state index contributed by atoms with van der Waals surface area (Å²) in [5.74, 6) is 1.32. The first kappa shape index (κ1) is 13.0. The molecule has 106 valence electrons. The number of methoxy groups -OCH3 is 1. The zero-order valence-corrected chi connectivity index (χ0v) is 11.4. The van der Waals surface area contributed by atoms with E-state index < -0.39 is 0 Å². The predicted molar refractivity (Wildman–Crippen MR) is 75.5 cm³/mol. The highest BCUT2D eigenvalue weighted by molar-refractivity contribution is 5.47. The SMILES string of the molecule is COc1ccc(-c2noc(Cc3cccc(N)c3)n2)nn1. The molecule has 7 nitrogen and oxygen atoms in total. The molecule has 21 heavy (non-hydrogen) atoms. The zero-order chi connectivity index (χ0) is 14.7. The molecule has 0 saturated heterocycles. The lowest BCUT2D eigenvalue weighted by atomic mass is 10.1. The fraction of sp³-hybridized carbons (Fsp3) is 0.143. The fourth-order valence-electron chi connectivity index (χ4n) is 1.86. The molecule has 0 spiro atoms. The lowest BCUT2D eigenvalue weighted by Crippen LogP contribution is -1.94. The molecule has 0 radical (unpaired) electrons. The van der Waals surface area contributed by atoms with Crippen LogP contribution in [0.15, 0.2) is 40.9 Å². The van der Waals surface area contributed by atoms with Crippen molar-refractivity contribution in [3.8, 4) is 17.4 Å². The normalized spacial score (nSPS) is 10.5. The molecule has 7 heteroatoms. The minimum absolute atomic E-state index is 0.393. The van der Waals surface area contributed by atoms with E-state index >= 15 is 0 Å². The van der Waals surface area contributed by atoms with Crippen LogP contribution in [0.1, 0.15) is 11.5 Å². The summed E-state index contributed by atoms with van der Waals surface area (Å²) in [7, 11) is 1.53. The van der Waals surface area contributed by atoms with Gasteiger partial charge in [0.15, 0.2) is 0 Å². The van der Waals surface area contributed by atoms with Crippen molar-refractivity contribution in [2.45, 2.75) is 6.42 Å². The monoisotopic (exact) mass is 283 g/mol. The third kappa shape index (κ3) is 2.97. The van der Waals surface area contributed by atoms with Gasteiger partial charge in [-0.15, -0.1) is 10.2 Å². The van der Waals surface area contributed by atoms with Crippen LogP contribution < -0.4 is 10.5 Å². The molecule has 3 rings (SSSR count). The van der Waals surface area contributed by atoms with Gasteiger partial charge in [0.25, 0.3) is 0 Å². The molecule has 0 bridgehead atoms. The van der Waals surface area contributed by atoms with Crippen molar-refractivity contribution in [3.63, 3.8) is 0 Å². The number of nitrogens with two attached hydrogens (primary N) is 1. The van der Waals surface area contributed by atoms with Crippen molar-refractivity contribution in [2.75, 3.05) is 12.8 Å². The van der Waals surface area contributed by atoms with Crippen LogP contribution in [0.3, 0.4) is 0 Å². The van der Waals surface area contributed by atoms with Gasteiger partial charge in [0.2, 0.25) is 17.6 Å². The van der Waals surface area contributed by atoms with Gasteiger partial charge in [-0.1, -0.05) is 17.3 Å². The predicted octanol–water partition coefficient (Wildman–Crippen LogP) is 1.71. The molecule has 1 aromatic carbocycles.